The minimum Gasteiger partial charge on any atom is -0.386 e. The molecule has 0 rings (SSSR count). The van der Waals surface area contributed by atoms with Crippen LogP contribution >= 0.6 is 0 Å². The molecule has 0 spiro atoms. The van der Waals surface area contributed by atoms with Crippen LogP contribution < -0.4 is 0 Å². The van der Waals surface area contributed by atoms with Crippen molar-refractivity contribution in [2.75, 3.05) is 0 Å². The number of carbonyl (C=O) groups excluding carboxylic acids is 3. The van der Waals surface area contributed by atoms with Gasteiger partial charge in [-0.05, 0) is 70.6 Å². The van der Waals surface area contributed by atoms with Crippen molar-refractivity contribution < 1.29 is 29.7 Å². The molecule has 6 nitrogen and oxygen atoms in total. The first kappa shape index (κ1) is 61.4. The van der Waals surface area contributed by atoms with Crippen molar-refractivity contribution in [2.24, 2.45) is 0 Å². The number of hydrogen-bond donors (Lipinski definition) is 3. The molecule has 0 aromatic heterocycles. The largest absolute Gasteiger partial charge is 0.386 e. The topological polar surface area (TPSA) is 112 Å². The molecule has 0 radical (unpaired) electrons. The lowest BCUT2D eigenvalue weighted by molar-refractivity contribution is -0.174. The summed E-state index contributed by atoms with van der Waals surface area (Å²) in [7, 11) is 0. The van der Waals surface area contributed by atoms with E-state index in [1.807, 2.05) is 0 Å². The fourth-order valence-corrected chi connectivity index (χ4v) is 8.80. The van der Waals surface area contributed by atoms with Crippen LogP contribution in [0.5, 0.6) is 0 Å². The third-order valence-electron chi connectivity index (χ3n) is 13.3. The number of aliphatic hydroxyl groups is 3. The molecule has 370 valence electrons. The molecule has 0 heterocycles. The SMILES string of the molecule is CCCCCCCC/C=C\CCCCCCCC(=O)C(O)C(O)C(O)(C(=O)CCCCCCC/C=C\CCCCCCCC)C(=O)CCCCCCCCCCCCCCCCC. The molecule has 0 aromatic rings. The number of allylic oxidation sites excluding steroid dienone is 4. The normalized spacial score (nSPS) is 13.9. The van der Waals surface area contributed by atoms with Gasteiger partial charge in [0, 0.05) is 19.3 Å². The van der Waals surface area contributed by atoms with E-state index in [0.29, 0.717) is 19.3 Å². The molecule has 0 saturated heterocycles. The smallest absolute Gasteiger partial charge is 0.210 e. The van der Waals surface area contributed by atoms with E-state index in [1.165, 1.54) is 148 Å². The molecule has 0 fully saturated rings. The van der Waals surface area contributed by atoms with Crippen LogP contribution in [0.2, 0.25) is 0 Å². The van der Waals surface area contributed by atoms with Gasteiger partial charge in [-0.1, -0.05) is 238 Å². The first-order valence-corrected chi connectivity index (χ1v) is 27.7. The summed E-state index contributed by atoms with van der Waals surface area (Å²) in [5.74, 6) is -2.16. The van der Waals surface area contributed by atoms with Crippen LogP contribution in [0, 0.1) is 0 Å². The van der Waals surface area contributed by atoms with Gasteiger partial charge in [-0.25, -0.2) is 0 Å². The average Bonchev–Trinajstić information content (AvgIpc) is 3.29. The first-order valence-electron chi connectivity index (χ1n) is 27.7. The molecule has 0 aromatic carbocycles. The third kappa shape index (κ3) is 36.2. The van der Waals surface area contributed by atoms with E-state index in [2.05, 4.69) is 45.1 Å². The van der Waals surface area contributed by atoms with Gasteiger partial charge in [0.2, 0.25) is 5.60 Å². The fraction of sp³-hybridized carbons (Fsp3) is 0.877. The molecule has 0 aliphatic rings. The van der Waals surface area contributed by atoms with E-state index in [-0.39, 0.29) is 19.3 Å². The summed E-state index contributed by atoms with van der Waals surface area (Å²) in [5.41, 5.74) is -2.77. The Kier molecular flexibility index (Phi) is 45.7. The Labute approximate surface area is 391 Å². The second-order valence-electron chi connectivity index (χ2n) is 19.3. The number of Topliss-reactive ketones (excluding diaryl/α,β-unsaturated/α-hetero) is 3. The summed E-state index contributed by atoms with van der Waals surface area (Å²) in [6.07, 6.45) is 51.9. The molecule has 0 aliphatic carbocycles. The Morgan fingerprint density at radius 3 is 0.841 bits per heavy atom. The fourth-order valence-electron chi connectivity index (χ4n) is 8.80. The van der Waals surface area contributed by atoms with Crippen LogP contribution in [0.1, 0.15) is 303 Å². The number of ketones is 3. The van der Waals surface area contributed by atoms with Crippen molar-refractivity contribution in [3.8, 4) is 0 Å². The van der Waals surface area contributed by atoms with Crippen LogP contribution in [-0.4, -0.2) is 50.5 Å². The minimum absolute atomic E-state index is 0.0438. The number of rotatable bonds is 51. The second-order valence-corrected chi connectivity index (χ2v) is 19.3. The summed E-state index contributed by atoms with van der Waals surface area (Å²) in [6.45, 7) is 6.75. The molecule has 0 bridgehead atoms. The van der Waals surface area contributed by atoms with E-state index >= 15 is 0 Å². The van der Waals surface area contributed by atoms with Gasteiger partial charge in [-0.3, -0.25) is 14.4 Å². The molecular formula is C57H106O6. The molecule has 0 aliphatic heterocycles. The Morgan fingerprint density at radius 2 is 0.571 bits per heavy atom. The highest BCUT2D eigenvalue weighted by Crippen LogP contribution is 2.26. The first-order chi connectivity index (χ1) is 30.8. The average molecular weight is 887 g/mol. The Morgan fingerprint density at radius 1 is 0.349 bits per heavy atom. The van der Waals surface area contributed by atoms with Crippen LogP contribution in [0.4, 0.5) is 0 Å². The summed E-state index contributed by atoms with van der Waals surface area (Å²) in [6, 6.07) is 0. The molecular weight excluding hydrogens is 781 g/mol. The van der Waals surface area contributed by atoms with E-state index in [1.54, 1.807) is 0 Å². The van der Waals surface area contributed by atoms with Crippen molar-refractivity contribution in [2.45, 2.75) is 321 Å². The Balaban J connectivity index is 4.79. The lowest BCUT2D eigenvalue weighted by Crippen LogP contribution is -2.61. The lowest BCUT2D eigenvalue weighted by Gasteiger charge is -2.32. The van der Waals surface area contributed by atoms with Gasteiger partial charge >= 0.3 is 0 Å². The monoisotopic (exact) mass is 887 g/mol. The molecule has 3 atom stereocenters. The summed E-state index contributed by atoms with van der Waals surface area (Å²) in [5, 5.41) is 33.9. The number of unbranched alkanes of at least 4 members (excludes halogenated alkanes) is 36. The number of aliphatic hydroxyl groups excluding tert-OH is 2. The van der Waals surface area contributed by atoms with Crippen LogP contribution in [0.25, 0.3) is 0 Å². The number of hydrogen-bond acceptors (Lipinski definition) is 6. The zero-order valence-electron chi connectivity index (χ0n) is 42.1. The van der Waals surface area contributed by atoms with Crippen LogP contribution in [0.15, 0.2) is 24.3 Å². The van der Waals surface area contributed by atoms with E-state index in [9.17, 15) is 29.7 Å². The molecule has 0 saturated carbocycles. The van der Waals surface area contributed by atoms with E-state index < -0.39 is 35.2 Å². The molecule has 3 unspecified atom stereocenters. The van der Waals surface area contributed by atoms with Crippen molar-refractivity contribution in [3.63, 3.8) is 0 Å². The number of carbonyl (C=O) groups is 3. The van der Waals surface area contributed by atoms with Gasteiger partial charge in [-0.15, -0.1) is 0 Å². The highest BCUT2D eigenvalue weighted by atomic mass is 16.4. The van der Waals surface area contributed by atoms with Crippen molar-refractivity contribution in [1.29, 1.82) is 0 Å². The van der Waals surface area contributed by atoms with Gasteiger partial charge < -0.3 is 15.3 Å². The molecule has 0 amide bonds. The Bertz CT molecular complexity index is 1080. The predicted molar refractivity (Wildman–Crippen MR) is 270 cm³/mol. The van der Waals surface area contributed by atoms with Crippen molar-refractivity contribution in [1.82, 2.24) is 0 Å². The van der Waals surface area contributed by atoms with Gasteiger partial charge in [-0.2, -0.15) is 0 Å². The maximum atomic E-state index is 13.6. The zero-order chi connectivity index (χ0) is 46.3. The summed E-state index contributed by atoms with van der Waals surface area (Å²) >= 11 is 0. The van der Waals surface area contributed by atoms with Gasteiger partial charge in [0.1, 0.15) is 12.2 Å². The third-order valence-corrected chi connectivity index (χ3v) is 13.3. The van der Waals surface area contributed by atoms with Crippen molar-refractivity contribution in [3.05, 3.63) is 24.3 Å². The van der Waals surface area contributed by atoms with Crippen LogP contribution in [0.3, 0.4) is 0 Å². The molecule has 63 heavy (non-hydrogen) atoms. The predicted octanol–water partition coefficient (Wildman–Crippen LogP) is 16.5. The maximum Gasteiger partial charge on any atom is 0.210 e. The second kappa shape index (κ2) is 46.9. The lowest BCUT2D eigenvalue weighted by atomic mass is 9.79. The summed E-state index contributed by atoms with van der Waals surface area (Å²) in [4.78, 5) is 40.3. The zero-order valence-corrected chi connectivity index (χ0v) is 42.1. The van der Waals surface area contributed by atoms with Gasteiger partial charge in [0.15, 0.2) is 17.3 Å². The van der Waals surface area contributed by atoms with Gasteiger partial charge in [0.25, 0.3) is 0 Å². The van der Waals surface area contributed by atoms with Crippen LogP contribution in [-0.2, 0) is 14.4 Å². The van der Waals surface area contributed by atoms with E-state index in [4.69, 9.17) is 0 Å². The van der Waals surface area contributed by atoms with Crippen molar-refractivity contribution >= 4 is 17.3 Å². The minimum atomic E-state index is -2.77. The standard InChI is InChI=1S/C57H106O6/c1-4-7-10-13-16-19-22-25-28-31-34-37-40-43-46-49-52(58)55(61)56(62)57(63,53(59)50-47-44-41-38-35-32-29-26-23-20-17-14-11-8-5-2)54(60)51-48-45-42-39-36-33-30-27-24-21-18-15-12-9-6-3/h25-26,28-29,55-56,61-63H,4-24,27,30-51H2,1-3H3/b28-25-,29-26-. The maximum absolute atomic E-state index is 13.6. The van der Waals surface area contributed by atoms with E-state index in [0.717, 1.165) is 96.3 Å². The van der Waals surface area contributed by atoms with Gasteiger partial charge in [0.05, 0.1) is 0 Å². The molecule has 6 heteroatoms. The molecule has 3 N–H and O–H groups in total. The quantitative estimate of drug-likeness (QED) is 0.0319. The summed E-state index contributed by atoms with van der Waals surface area (Å²) < 4.78 is 0. The Hall–Kier alpha value is -1.63. The highest BCUT2D eigenvalue weighted by molar-refractivity contribution is 6.11. The highest BCUT2D eigenvalue weighted by Gasteiger charge is 2.52.